The van der Waals surface area contributed by atoms with Gasteiger partial charge in [0.25, 0.3) is 0 Å². The maximum Gasteiger partial charge on any atom is 0.227 e. The van der Waals surface area contributed by atoms with Gasteiger partial charge in [0, 0.05) is 35.5 Å². The number of carbonyl (C=O) groups is 1. The van der Waals surface area contributed by atoms with Crippen LogP contribution in [0.2, 0.25) is 0 Å². The quantitative estimate of drug-likeness (QED) is 0.262. The first-order valence-electron chi connectivity index (χ1n) is 12.2. The lowest BCUT2D eigenvalue weighted by molar-refractivity contribution is -0.118. The van der Waals surface area contributed by atoms with Crippen LogP contribution in [0.25, 0.3) is 22.4 Å². The van der Waals surface area contributed by atoms with Crippen molar-refractivity contribution in [3.05, 3.63) is 95.6 Å². The molecule has 0 spiro atoms. The Hall–Kier alpha value is -4.08. The number of carbonyl (C=O) groups excluding carboxylic acids is 1. The smallest absolute Gasteiger partial charge is 0.227 e. The van der Waals surface area contributed by atoms with Gasteiger partial charge in [0.2, 0.25) is 5.91 Å². The summed E-state index contributed by atoms with van der Waals surface area (Å²) in [5.41, 5.74) is 7.43. The lowest BCUT2D eigenvalue weighted by atomic mass is 9.98. The molecule has 2 heterocycles. The zero-order valence-electron chi connectivity index (χ0n) is 20.9. The van der Waals surface area contributed by atoms with Crippen LogP contribution in [0.4, 0.5) is 5.69 Å². The Balaban J connectivity index is 1.44. The van der Waals surface area contributed by atoms with Crippen LogP contribution < -0.4 is 9.64 Å². The fourth-order valence-corrected chi connectivity index (χ4v) is 5.50. The molecule has 0 saturated carbocycles. The van der Waals surface area contributed by atoms with Gasteiger partial charge in [0.1, 0.15) is 16.8 Å². The summed E-state index contributed by atoms with van der Waals surface area (Å²) < 4.78 is 5.31. The number of ether oxygens (including phenoxy) is 1. The van der Waals surface area contributed by atoms with Crippen LogP contribution in [0, 0.1) is 18.3 Å². The number of aryl methyl sites for hydroxylation is 1. The summed E-state index contributed by atoms with van der Waals surface area (Å²) in [6.07, 6.45) is 1.26. The average Bonchev–Trinajstić information content (AvgIpc) is 3.37. The number of hydrogen-bond acceptors (Lipinski definition) is 5. The van der Waals surface area contributed by atoms with E-state index >= 15 is 0 Å². The maximum atomic E-state index is 13.0. The Morgan fingerprint density at radius 1 is 1.05 bits per heavy atom. The molecule has 0 fully saturated rings. The zero-order chi connectivity index (χ0) is 25.8. The van der Waals surface area contributed by atoms with E-state index in [1.807, 2.05) is 84.6 Å². The van der Waals surface area contributed by atoms with Gasteiger partial charge in [-0.3, -0.25) is 4.79 Å². The monoisotopic (exact) mass is 505 g/mol. The predicted octanol–water partition coefficient (Wildman–Crippen LogP) is 6.68. The standard InChI is InChI=1S/C31H27N3O2S/c1-21-7-9-22(10-8-21)26-19-28(23-11-13-25(36-2)14-12-23)33-31(27(26)20-32)37-18-16-30(35)34-17-15-24-5-3-4-6-29(24)34/h3-14,19H,15-18H2,1-2H3. The van der Waals surface area contributed by atoms with Crippen molar-refractivity contribution >= 4 is 23.4 Å². The second-order valence-electron chi connectivity index (χ2n) is 8.96. The molecule has 0 N–H and O–H groups in total. The molecule has 0 saturated heterocycles. The highest BCUT2D eigenvalue weighted by Crippen LogP contribution is 2.35. The molecule has 1 aliphatic rings. The van der Waals surface area contributed by atoms with Gasteiger partial charge >= 0.3 is 0 Å². The van der Waals surface area contributed by atoms with Gasteiger partial charge in [-0.15, -0.1) is 11.8 Å². The van der Waals surface area contributed by atoms with Gasteiger partial charge in [-0.25, -0.2) is 4.98 Å². The van der Waals surface area contributed by atoms with Gasteiger partial charge < -0.3 is 9.64 Å². The number of pyridine rings is 1. The summed E-state index contributed by atoms with van der Waals surface area (Å²) in [6.45, 7) is 2.76. The van der Waals surface area contributed by atoms with Crippen LogP contribution in [0.3, 0.4) is 0 Å². The number of fused-ring (bicyclic) bond motifs is 1. The Labute approximate surface area is 221 Å². The molecule has 0 unspecified atom stereocenters. The number of benzene rings is 3. The van der Waals surface area contributed by atoms with E-state index in [0.29, 0.717) is 22.8 Å². The first-order chi connectivity index (χ1) is 18.1. The molecule has 0 bridgehead atoms. The van der Waals surface area contributed by atoms with Crippen molar-refractivity contribution in [1.29, 1.82) is 5.26 Å². The predicted molar refractivity (Wildman–Crippen MR) is 149 cm³/mol. The highest BCUT2D eigenvalue weighted by molar-refractivity contribution is 7.99. The van der Waals surface area contributed by atoms with Crippen LogP contribution in [0.15, 0.2) is 83.9 Å². The molecule has 5 nitrogen and oxygen atoms in total. The highest BCUT2D eigenvalue weighted by Gasteiger charge is 2.24. The summed E-state index contributed by atoms with van der Waals surface area (Å²) in [6, 6.07) is 28.3. The Kier molecular flexibility index (Phi) is 7.25. The lowest BCUT2D eigenvalue weighted by Gasteiger charge is -2.17. The molecule has 6 heteroatoms. The molecular formula is C31H27N3O2S. The van der Waals surface area contributed by atoms with E-state index in [9.17, 15) is 10.1 Å². The van der Waals surface area contributed by atoms with E-state index in [1.165, 1.54) is 17.3 Å². The molecule has 1 amide bonds. The molecule has 5 rings (SSSR count). The number of hydrogen-bond donors (Lipinski definition) is 0. The van der Waals surface area contributed by atoms with Crippen LogP contribution in [0.5, 0.6) is 5.75 Å². The van der Waals surface area contributed by atoms with Crippen LogP contribution >= 0.6 is 11.8 Å². The van der Waals surface area contributed by atoms with E-state index in [1.54, 1.807) is 7.11 Å². The molecule has 1 aliphatic heterocycles. The van der Waals surface area contributed by atoms with Crippen molar-refractivity contribution in [1.82, 2.24) is 4.98 Å². The number of para-hydroxylation sites is 1. The maximum absolute atomic E-state index is 13.0. The van der Waals surface area contributed by atoms with E-state index in [0.717, 1.165) is 52.4 Å². The van der Waals surface area contributed by atoms with Crippen molar-refractivity contribution in [3.8, 4) is 34.2 Å². The van der Waals surface area contributed by atoms with Crippen molar-refractivity contribution in [2.75, 3.05) is 24.3 Å². The fraction of sp³-hybridized carbons (Fsp3) is 0.194. The largest absolute Gasteiger partial charge is 0.497 e. The van der Waals surface area contributed by atoms with E-state index in [4.69, 9.17) is 9.72 Å². The minimum Gasteiger partial charge on any atom is -0.497 e. The Morgan fingerprint density at radius 3 is 2.51 bits per heavy atom. The van der Waals surface area contributed by atoms with Crippen LogP contribution in [0.1, 0.15) is 23.1 Å². The highest BCUT2D eigenvalue weighted by atomic mass is 32.2. The number of nitriles is 1. The summed E-state index contributed by atoms with van der Waals surface area (Å²) in [5.74, 6) is 1.41. The summed E-state index contributed by atoms with van der Waals surface area (Å²) in [7, 11) is 1.64. The Morgan fingerprint density at radius 2 is 1.78 bits per heavy atom. The zero-order valence-corrected chi connectivity index (χ0v) is 21.7. The first-order valence-corrected chi connectivity index (χ1v) is 13.2. The van der Waals surface area contributed by atoms with Crippen LogP contribution in [-0.4, -0.2) is 30.3 Å². The number of anilines is 1. The first kappa shape index (κ1) is 24.6. The lowest BCUT2D eigenvalue weighted by Crippen LogP contribution is -2.29. The fourth-order valence-electron chi connectivity index (χ4n) is 4.57. The SMILES string of the molecule is COc1ccc(-c2cc(-c3ccc(C)cc3)c(C#N)c(SCCC(=O)N3CCc4ccccc43)n2)cc1. The number of methoxy groups -OCH3 is 1. The number of rotatable bonds is 7. The van der Waals surface area contributed by atoms with Gasteiger partial charge in [-0.05, 0) is 60.9 Å². The van der Waals surface area contributed by atoms with Gasteiger partial charge in [-0.1, -0.05) is 48.0 Å². The minimum absolute atomic E-state index is 0.0982. The number of thioether (sulfide) groups is 1. The molecule has 3 aromatic carbocycles. The molecule has 37 heavy (non-hydrogen) atoms. The summed E-state index contributed by atoms with van der Waals surface area (Å²) in [5, 5.41) is 10.8. The third-order valence-corrected chi connectivity index (χ3v) is 7.57. The number of aromatic nitrogens is 1. The van der Waals surface area contributed by atoms with E-state index in [-0.39, 0.29) is 5.91 Å². The number of amides is 1. The third-order valence-electron chi connectivity index (χ3n) is 6.59. The molecule has 1 aromatic heterocycles. The second kappa shape index (κ2) is 10.9. The van der Waals surface area contributed by atoms with Gasteiger partial charge in [-0.2, -0.15) is 5.26 Å². The molecular weight excluding hydrogens is 478 g/mol. The minimum atomic E-state index is 0.0982. The van der Waals surface area contributed by atoms with Crippen molar-refractivity contribution in [2.45, 2.75) is 24.8 Å². The molecule has 4 aromatic rings. The topological polar surface area (TPSA) is 66.2 Å². The van der Waals surface area contributed by atoms with Gasteiger partial charge in [0.15, 0.2) is 0 Å². The summed E-state index contributed by atoms with van der Waals surface area (Å²) >= 11 is 1.46. The van der Waals surface area contributed by atoms with Crippen molar-refractivity contribution in [3.63, 3.8) is 0 Å². The van der Waals surface area contributed by atoms with E-state index < -0.39 is 0 Å². The van der Waals surface area contributed by atoms with Gasteiger partial charge in [0.05, 0.1) is 18.4 Å². The molecule has 0 radical (unpaired) electrons. The second-order valence-corrected chi connectivity index (χ2v) is 10.0. The van der Waals surface area contributed by atoms with Crippen LogP contribution in [-0.2, 0) is 11.2 Å². The Bertz CT molecular complexity index is 1470. The third kappa shape index (κ3) is 5.23. The molecule has 184 valence electrons. The van der Waals surface area contributed by atoms with Crippen molar-refractivity contribution in [2.24, 2.45) is 0 Å². The normalized spacial score (nSPS) is 12.2. The van der Waals surface area contributed by atoms with E-state index in [2.05, 4.69) is 12.1 Å². The molecule has 0 aliphatic carbocycles. The summed E-state index contributed by atoms with van der Waals surface area (Å²) in [4.78, 5) is 19.8. The average molecular weight is 506 g/mol. The van der Waals surface area contributed by atoms with Crippen molar-refractivity contribution < 1.29 is 9.53 Å². The molecule has 0 atom stereocenters. The number of nitrogens with zero attached hydrogens (tertiary/aromatic N) is 3.